The van der Waals surface area contributed by atoms with Crippen molar-refractivity contribution in [3.8, 4) is 0 Å². The standard InChI is InChI=1S/C16H26BN3O4S/c1-15(2)16(3,4)24-17(23-15)14-7-6-13(12-18-14)19-8-10-20(11-9-19)25(5,21)22/h6-7,12H,8-11H2,1-5H3. The van der Waals surface area contributed by atoms with Crippen LogP contribution in [-0.4, -0.2) is 68.5 Å². The summed E-state index contributed by atoms with van der Waals surface area (Å²) >= 11 is 0. The molecule has 0 aromatic carbocycles. The normalized spacial score (nSPS) is 23.9. The Morgan fingerprint density at radius 2 is 1.60 bits per heavy atom. The second kappa shape index (κ2) is 6.23. The quantitative estimate of drug-likeness (QED) is 0.723. The van der Waals surface area contributed by atoms with Gasteiger partial charge in [-0.3, -0.25) is 4.98 Å². The number of anilines is 1. The van der Waals surface area contributed by atoms with Gasteiger partial charge in [-0.15, -0.1) is 0 Å². The summed E-state index contributed by atoms with van der Waals surface area (Å²) in [6.07, 6.45) is 3.06. The molecule has 1 aromatic rings. The lowest BCUT2D eigenvalue weighted by Gasteiger charge is -2.34. The van der Waals surface area contributed by atoms with E-state index >= 15 is 0 Å². The first-order valence-electron chi connectivity index (χ1n) is 8.51. The van der Waals surface area contributed by atoms with E-state index in [1.807, 2.05) is 39.8 Å². The van der Waals surface area contributed by atoms with Crippen LogP contribution in [0.5, 0.6) is 0 Å². The Balaban J connectivity index is 1.66. The van der Waals surface area contributed by atoms with Crippen molar-refractivity contribution in [1.82, 2.24) is 9.29 Å². The summed E-state index contributed by atoms with van der Waals surface area (Å²) in [5.74, 6) is 0. The molecule has 0 radical (unpaired) electrons. The van der Waals surface area contributed by atoms with Gasteiger partial charge in [-0.2, -0.15) is 4.31 Å². The number of nitrogens with zero attached hydrogens (tertiary/aromatic N) is 3. The van der Waals surface area contributed by atoms with Crippen LogP contribution < -0.4 is 10.5 Å². The molecule has 2 aliphatic heterocycles. The van der Waals surface area contributed by atoms with Crippen molar-refractivity contribution >= 4 is 28.4 Å². The summed E-state index contributed by atoms with van der Waals surface area (Å²) in [6, 6.07) is 3.91. The molecule has 0 saturated carbocycles. The molecule has 3 heterocycles. The number of hydrogen-bond donors (Lipinski definition) is 0. The van der Waals surface area contributed by atoms with Crippen LogP contribution in [0.25, 0.3) is 0 Å². The summed E-state index contributed by atoms with van der Waals surface area (Å²) in [5.41, 5.74) is 0.950. The zero-order chi connectivity index (χ0) is 18.5. The van der Waals surface area contributed by atoms with E-state index < -0.39 is 17.1 Å². The predicted octanol–water partition coefficient (Wildman–Crippen LogP) is 0.462. The van der Waals surface area contributed by atoms with Gasteiger partial charge >= 0.3 is 7.12 Å². The van der Waals surface area contributed by atoms with E-state index in [1.165, 1.54) is 10.6 Å². The molecule has 0 N–H and O–H groups in total. The van der Waals surface area contributed by atoms with Crippen molar-refractivity contribution in [2.45, 2.75) is 38.9 Å². The summed E-state index contributed by atoms with van der Waals surface area (Å²) in [7, 11) is -3.58. The fourth-order valence-corrected chi connectivity index (χ4v) is 3.79. The molecule has 3 rings (SSSR count). The molecule has 25 heavy (non-hydrogen) atoms. The van der Waals surface area contributed by atoms with Crippen molar-refractivity contribution in [2.75, 3.05) is 37.3 Å². The highest BCUT2D eigenvalue weighted by molar-refractivity contribution is 7.88. The van der Waals surface area contributed by atoms with Crippen LogP contribution in [0.4, 0.5) is 5.69 Å². The van der Waals surface area contributed by atoms with Crippen molar-refractivity contribution < 1.29 is 17.7 Å². The molecule has 2 aliphatic rings. The lowest BCUT2D eigenvalue weighted by molar-refractivity contribution is 0.00578. The van der Waals surface area contributed by atoms with E-state index in [0.717, 1.165) is 11.3 Å². The Kier molecular flexibility index (Phi) is 4.64. The van der Waals surface area contributed by atoms with Gasteiger partial charge in [0.05, 0.1) is 28.7 Å². The summed E-state index contributed by atoms with van der Waals surface area (Å²) < 4.78 is 36.7. The molecule has 7 nitrogen and oxygen atoms in total. The van der Waals surface area contributed by atoms with Gasteiger partial charge in [-0.05, 0) is 39.8 Å². The number of pyridine rings is 1. The molecule has 9 heteroatoms. The molecule has 2 fully saturated rings. The molecule has 0 aliphatic carbocycles. The molecule has 0 bridgehead atoms. The molecule has 0 amide bonds. The Morgan fingerprint density at radius 1 is 1.04 bits per heavy atom. The minimum atomic E-state index is -3.11. The fourth-order valence-electron chi connectivity index (χ4n) is 2.97. The van der Waals surface area contributed by atoms with E-state index in [-0.39, 0.29) is 11.2 Å². The maximum atomic E-state index is 11.6. The van der Waals surface area contributed by atoms with Gasteiger partial charge in [0.25, 0.3) is 0 Å². The van der Waals surface area contributed by atoms with Crippen LogP contribution in [0.2, 0.25) is 0 Å². The second-order valence-corrected chi connectivity index (χ2v) is 9.66. The van der Waals surface area contributed by atoms with Crippen LogP contribution in [0.15, 0.2) is 18.3 Å². The minimum Gasteiger partial charge on any atom is -0.398 e. The Labute approximate surface area is 150 Å². The van der Waals surface area contributed by atoms with Crippen LogP contribution in [0, 0.1) is 0 Å². The number of piperazine rings is 1. The molecule has 2 saturated heterocycles. The number of rotatable bonds is 3. The van der Waals surface area contributed by atoms with E-state index in [0.29, 0.717) is 26.2 Å². The zero-order valence-electron chi connectivity index (χ0n) is 15.5. The van der Waals surface area contributed by atoms with Gasteiger partial charge < -0.3 is 14.2 Å². The van der Waals surface area contributed by atoms with E-state index in [9.17, 15) is 8.42 Å². The highest BCUT2D eigenvalue weighted by Crippen LogP contribution is 2.36. The average molecular weight is 367 g/mol. The van der Waals surface area contributed by atoms with Gasteiger partial charge in [0, 0.05) is 32.4 Å². The van der Waals surface area contributed by atoms with Gasteiger partial charge in [0.15, 0.2) is 0 Å². The minimum absolute atomic E-state index is 0.389. The molecule has 0 atom stereocenters. The maximum Gasteiger partial charge on any atom is 0.514 e. The van der Waals surface area contributed by atoms with E-state index in [2.05, 4.69) is 9.88 Å². The van der Waals surface area contributed by atoms with Crippen molar-refractivity contribution in [3.63, 3.8) is 0 Å². The average Bonchev–Trinajstić information content (AvgIpc) is 2.75. The molecular weight excluding hydrogens is 341 g/mol. The smallest absolute Gasteiger partial charge is 0.398 e. The predicted molar refractivity (Wildman–Crippen MR) is 98.6 cm³/mol. The van der Waals surface area contributed by atoms with Gasteiger partial charge in [0.2, 0.25) is 10.0 Å². The Morgan fingerprint density at radius 3 is 2.04 bits per heavy atom. The topological polar surface area (TPSA) is 72.0 Å². The molecule has 0 spiro atoms. The van der Waals surface area contributed by atoms with Crippen molar-refractivity contribution in [3.05, 3.63) is 18.3 Å². The zero-order valence-corrected chi connectivity index (χ0v) is 16.3. The van der Waals surface area contributed by atoms with Crippen molar-refractivity contribution in [1.29, 1.82) is 0 Å². The van der Waals surface area contributed by atoms with Crippen molar-refractivity contribution in [2.24, 2.45) is 0 Å². The van der Waals surface area contributed by atoms with Gasteiger partial charge in [-0.25, -0.2) is 8.42 Å². The Bertz CT molecular complexity index is 712. The largest absolute Gasteiger partial charge is 0.514 e. The summed E-state index contributed by atoms with van der Waals surface area (Å²) in [6.45, 7) is 10.4. The first-order valence-corrected chi connectivity index (χ1v) is 10.4. The highest BCUT2D eigenvalue weighted by Gasteiger charge is 2.52. The molecular formula is C16H26BN3O4S. The SMILES string of the molecule is CC1(C)OB(c2ccc(N3CCN(S(C)(=O)=O)CC3)cn2)OC1(C)C. The third-order valence-corrected chi connectivity index (χ3v) is 6.64. The van der Waals surface area contributed by atoms with Crippen LogP contribution in [0.1, 0.15) is 27.7 Å². The number of aromatic nitrogens is 1. The van der Waals surface area contributed by atoms with Gasteiger partial charge in [-0.1, -0.05) is 0 Å². The summed E-state index contributed by atoms with van der Waals surface area (Å²) in [4.78, 5) is 6.65. The third kappa shape index (κ3) is 3.69. The molecule has 0 unspecified atom stereocenters. The van der Waals surface area contributed by atoms with E-state index in [1.54, 1.807) is 6.20 Å². The van der Waals surface area contributed by atoms with E-state index in [4.69, 9.17) is 9.31 Å². The lowest BCUT2D eigenvalue weighted by Crippen LogP contribution is -2.48. The number of hydrogen-bond acceptors (Lipinski definition) is 6. The van der Waals surface area contributed by atoms with Crippen LogP contribution >= 0.6 is 0 Å². The van der Waals surface area contributed by atoms with Crippen LogP contribution in [0.3, 0.4) is 0 Å². The third-order valence-electron chi connectivity index (χ3n) is 5.34. The lowest BCUT2D eigenvalue weighted by atomic mass is 9.84. The maximum absolute atomic E-state index is 11.6. The molecule has 138 valence electrons. The van der Waals surface area contributed by atoms with Gasteiger partial charge in [0.1, 0.15) is 0 Å². The number of sulfonamides is 1. The molecule has 1 aromatic heterocycles. The van der Waals surface area contributed by atoms with Crippen LogP contribution in [-0.2, 0) is 19.3 Å². The second-order valence-electron chi connectivity index (χ2n) is 7.68. The Hall–Kier alpha value is -1.16. The first kappa shape index (κ1) is 18.6. The summed E-state index contributed by atoms with van der Waals surface area (Å²) in [5, 5.41) is 0. The monoisotopic (exact) mass is 367 g/mol. The highest BCUT2D eigenvalue weighted by atomic mass is 32.2. The first-order chi connectivity index (χ1) is 11.5. The fraction of sp³-hybridized carbons (Fsp3) is 0.688.